The number of rotatable bonds is 0. The van der Waals surface area contributed by atoms with Gasteiger partial charge in [-0.2, -0.15) is 10.5 Å². The van der Waals surface area contributed by atoms with Crippen molar-refractivity contribution in [2.45, 2.75) is 0 Å². The summed E-state index contributed by atoms with van der Waals surface area (Å²) in [6.45, 7) is 0. The van der Waals surface area contributed by atoms with Crippen molar-refractivity contribution in [1.82, 2.24) is 20.6 Å². The first-order valence-electron chi connectivity index (χ1n) is 1.52. The SMILES string of the molecule is N#Cc1nnn[n-]1.[Cl-].[Co+3].[NH2-].[NH2-].[NH2-].[NH2-].[NH2-]. The number of nitrogens with zero attached hydrogens (tertiary/aromatic N) is 5. The van der Waals surface area contributed by atoms with Gasteiger partial charge in [-0.1, -0.05) is 0 Å². The van der Waals surface area contributed by atoms with Crippen LogP contribution in [0.4, 0.5) is 0 Å². The zero-order chi connectivity index (χ0) is 5.11. The molecule has 0 aromatic carbocycles. The van der Waals surface area contributed by atoms with Crippen LogP contribution in [0.2, 0.25) is 0 Å². The Morgan fingerprint density at radius 3 is 1.64 bits per heavy atom. The van der Waals surface area contributed by atoms with Crippen LogP contribution in [-0.4, -0.2) is 15.5 Å². The third-order valence-electron chi connectivity index (χ3n) is 0.419. The van der Waals surface area contributed by atoms with Crippen LogP contribution in [0.3, 0.4) is 0 Å². The van der Waals surface area contributed by atoms with E-state index in [9.17, 15) is 0 Å². The molecule has 10 nitrogen and oxygen atoms in total. The van der Waals surface area contributed by atoms with Gasteiger partial charge in [0.25, 0.3) is 0 Å². The molecule has 0 unspecified atom stereocenters. The molecule has 10 N–H and O–H groups in total. The third-order valence-corrected chi connectivity index (χ3v) is 0.419. The molecule has 0 saturated carbocycles. The quantitative estimate of drug-likeness (QED) is 0.589. The van der Waals surface area contributed by atoms with Crippen molar-refractivity contribution < 1.29 is 29.2 Å². The Balaban J connectivity index is -0.0000000140. The van der Waals surface area contributed by atoms with Gasteiger partial charge in [-0.15, -0.1) is 0 Å². The molecule has 0 atom stereocenters. The fourth-order valence-electron chi connectivity index (χ4n) is 0.189. The summed E-state index contributed by atoms with van der Waals surface area (Å²) in [5, 5.41) is 20.5. The van der Waals surface area contributed by atoms with E-state index in [2.05, 4.69) is 20.6 Å². The number of halogens is 1. The van der Waals surface area contributed by atoms with E-state index in [4.69, 9.17) is 5.26 Å². The molecule has 0 amide bonds. The van der Waals surface area contributed by atoms with Crippen molar-refractivity contribution in [3.63, 3.8) is 0 Å². The van der Waals surface area contributed by atoms with Gasteiger partial charge in [0.05, 0.1) is 0 Å². The van der Waals surface area contributed by atoms with E-state index in [1.165, 1.54) is 0 Å². The normalized spacial score (nSPS) is 3.93. The smallest absolute Gasteiger partial charge is 1.00 e. The Bertz CT molecular complexity index is 181. The fourth-order valence-corrected chi connectivity index (χ4v) is 0.189. The van der Waals surface area contributed by atoms with Crippen molar-refractivity contribution >= 4 is 0 Å². The van der Waals surface area contributed by atoms with Crippen LogP contribution in [0.5, 0.6) is 0 Å². The molecule has 0 aliphatic carbocycles. The predicted molar refractivity (Wildman–Crippen MR) is 44.3 cm³/mol. The monoisotopic (exact) mass is 268 g/mol. The zero-order valence-corrected chi connectivity index (χ0v) is 8.63. The van der Waals surface area contributed by atoms with Crippen molar-refractivity contribution in [2.75, 3.05) is 0 Å². The van der Waals surface area contributed by atoms with Crippen LogP contribution in [0, 0.1) is 11.3 Å². The van der Waals surface area contributed by atoms with Gasteiger partial charge in [0.1, 0.15) is 11.9 Å². The first-order chi connectivity index (χ1) is 3.43. The van der Waals surface area contributed by atoms with E-state index in [0.29, 0.717) is 0 Å². The summed E-state index contributed by atoms with van der Waals surface area (Å²) >= 11 is 0. The maximum Gasteiger partial charge on any atom is 3.00 e. The average Bonchev–Trinajstić information content (AvgIpc) is 2.14. The molecule has 0 bridgehead atoms. The number of tetrazole rings is 1. The summed E-state index contributed by atoms with van der Waals surface area (Å²) < 4.78 is 0. The second-order valence-electron chi connectivity index (χ2n) is 0.814. The van der Waals surface area contributed by atoms with Gasteiger partial charge in [0.15, 0.2) is 0 Å². The second kappa shape index (κ2) is 29.5. The van der Waals surface area contributed by atoms with E-state index < -0.39 is 0 Å². The molecule has 1 rings (SSSR count). The molecule has 12 heteroatoms. The molecular weight excluding hydrogens is 258 g/mol. The zero-order valence-electron chi connectivity index (χ0n) is 6.83. The molecule has 0 aliphatic heterocycles. The topological polar surface area (TPSA) is 244 Å². The summed E-state index contributed by atoms with van der Waals surface area (Å²) in [6.07, 6.45) is 0. The van der Waals surface area contributed by atoms with Gasteiger partial charge < -0.3 is 48.3 Å². The molecule has 1 aromatic rings. The van der Waals surface area contributed by atoms with Gasteiger partial charge in [0, 0.05) is 0 Å². The molecule has 14 heavy (non-hydrogen) atoms. The maximum absolute atomic E-state index is 7.97. The Morgan fingerprint density at radius 1 is 1.07 bits per heavy atom. The summed E-state index contributed by atoms with van der Waals surface area (Å²) in [6, 6.07) is 1.66. The second-order valence-corrected chi connectivity index (χ2v) is 0.814. The van der Waals surface area contributed by atoms with E-state index in [0.717, 1.165) is 0 Å². The minimum Gasteiger partial charge on any atom is -1.00 e. The first-order valence-corrected chi connectivity index (χ1v) is 1.52. The summed E-state index contributed by atoms with van der Waals surface area (Å²) in [5.74, 6) is 0.0139. The minimum absolute atomic E-state index is 0. The van der Waals surface area contributed by atoms with E-state index >= 15 is 0 Å². The number of hydrogen-bond donors (Lipinski definition) is 0. The molecule has 1 heterocycles. The molecule has 0 saturated heterocycles. The minimum atomic E-state index is 0. The van der Waals surface area contributed by atoms with E-state index in [-0.39, 0.29) is 65.8 Å². The molecule has 0 aliphatic rings. The van der Waals surface area contributed by atoms with Crippen LogP contribution in [-0.2, 0) is 16.8 Å². The number of aromatic nitrogens is 4. The van der Waals surface area contributed by atoms with Gasteiger partial charge in [-0.25, -0.2) is 0 Å². The Labute approximate surface area is 98.1 Å². The first kappa shape index (κ1) is 51.3. The fraction of sp³-hybridized carbons (Fsp3) is 0. The summed E-state index contributed by atoms with van der Waals surface area (Å²) in [4.78, 5) is 0. The van der Waals surface area contributed by atoms with Crippen LogP contribution < -0.4 is 17.5 Å². The van der Waals surface area contributed by atoms with Gasteiger partial charge >= 0.3 is 16.8 Å². The molecule has 1 aromatic heterocycles. The third kappa shape index (κ3) is 17.3. The van der Waals surface area contributed by atoms with E-state index in [1.807, 2.05) is 0 Å². The predicted octanol–water partition coefficient (Wildman–Crippen LogP) is -0.713. The molecular formula is C2H10ClCoN10-4. The Morgan fingerprint density at radius 2 is 1.50 bits per heavy atom. The molecule has 88 valence electrons. The van der Waals surface area contributed by atoms with E-state index in [1.54, 1.807) is 6.07 Å². The standard InChI is InChI=1S/C2N5.ClH.Co.5H2N/c3-1-2-4-6-7-5-2;;;;;;;/h;1H;;5*1H2/q-1;;+3;5*-1/p-1. The number of nitriles is 1. The molecule has 0 spiro atoms. The average molecular weight is 269 g/mol. The summed E-state index contributed by atoms with van der Waals surface area (Å²) in [5.41, 5.74) is 0. The Hall–Kier alpha value is -0.844. The maximum atomic E-state index is 7.97. The van der Waals surface area contributed by atoms with Gasteiger partial charge in [-0.05, 0) is 0 Å². The van der Waals surface area contributed by atoms with Crippen LogP contribution >= 0.6 is 0 Å². The van der Waals surface area contributed by atoms with Crippen LogP contribution in [0.1, 0.15) is 5.82 Å². The van der Waals surface area contributed by atoms with Gasteiger partial charge in [-0.3, -0.25) is 10.3 Å². The van der Waals surface area contributed by atoms with Crippen molar-refractivity contribution in [2.24, 2.45) is 0 Å². The largest absolute Gasteiger partial charge is 3.00 e. The van der Waals surface area contributed by atoms with Gasteiger partial charge in [0.2, 0.25) is 0 Å². The molecule has 0 fully saturated rings. The number of nitrogens with two attached hydrogens (primary N) is 5. The summed E-state index contributed by atoms with van der Waals surface area (Å²) in [7, 11) is 0. The van der Waals surface area contributed by atoms with Crippen molar-refractivity contribution in [3.8, 4) is 6.07 Å². The Kier molecular flexibility index (Phi) is 108. The van der Waals surface area contributed by atoms with Crippen LogP contribution in [0.15, 0.2) is 0 Å². The number of hydrogen-bond acceptors (Lipinski definition) is 4. The van der Waals surface area contributed by atoms with Crippen molar-refractivity contribution in [1.29, 1.82) is 5.26 Å². The molecule has 0 radical (unpaired) electrons. The van der Waals surface area contributed by atoms with Crippen LogP contribution in [0.25, 0.3) is 30.8 Å². The van der Waals surface area contributed by atoms with Crippen molar-refractivity contribution in [3.05, 3.63) is 36.6 Å².